The lowest BCUT2D eigenvalue weighted by Crippen LogP contribution is -1.99. The predicted molar refractivity (Wildman–Crippen MR) is 93.2 cm³/mol. The average molecular weight is 321 g/mol. The fourth-order valence-electron chi connectivity index (χ4n) is 2.27. The highest BCUT2D eigenvalue weighted by Crippen LogP contribution is 2.26. The SMILES string of the molecule is Bc1ccc(-c2cccc(-c3ccc(Br)cc3)c2)cc1. The van der Waals surface area contributed by atoms with E-state index >= 15 is 0 Å². The lowest BCUT2D eigenvalue weighted by molar-refractivity contribution is 1.58. The van der Waals surface area contributed by atoms with E-state index in [0.717, 1.165) is 4.47 Å². The van der Waals surface area contributed by atoms with Gasteiger partial charge in [-0.1, -0.05) is 76.0 Å². The van der Waals surface area contributed by atoms with Crippen molar-refractivity contribution in [2.75, 3.05) is 0 Å². The van der Waals surface area contributed by atoms with Gasteiger partial charge in [-0.15, -0.1) is 0 Å². The average Bonchev–Trinajstić information content (AvgIpc) is 2.49. The van der Waals surface area contributed by atoms with Gasteiger partial charge in [0.1, 0.15) is 7.85 Å². The standard InChI is InChI=1S/C18H14BBr/c19-17-8-4-13(5-9-17)15-2-1-3-16(12-15)14-6-10-18(20)11-7-14/h1-12H,19H2. The molecule has 0 fully saturated rings. The first kappa shape index (κ1) is 13.2. The van der Waals surface area contributed by atoms with E-state index in [1.54, 1.807) is 0 Å². The fourth-order valence-corrected chi connectivity index (χ4v) is 2.53. The van der Waals surface area contributed by atoms with Crippen LogP contribution in [0.15, 0.2) is 77.3 Å². The summed E-state index contributed by atoms with van der Waals surface area (Å²) in [6.07, 6.45) is 0. The van der Waals surface area contributed by atoms with Crippen LogP contribution in [-0.2, 0) is 0 Å². The lowest BCUT2D eigenvalue weighted by atomic mass is 9.93. The molecule has 2 heteroatoms. The molecular weight excluding hydrogens is 307 g/mol. The van der Waals surface area contributed by atoms with E-state index in [0.29, 0.717) is 0 Å². The highest BCUT2D eigenvalue weighted by atomic mass is 79.9. The van der Waals surface area contributed by atoms with E-state index in [9.17, 15) is 0 Å². The summed E-state index contributed by atoms with van der Waals surface area (Å²) in [4.78, 5) is 0. The molecule has 0 heterocycles. The summed E-state index contributed by atoms with van der Waals surface area (Å²) in [6.45, 7) is 0. The molecule has 0 spiro atoms. The van der Waals surface area contributed by atoms with Crippen molar-refractivity contribution in [3.63, 3.8) is 0 Å². The molecule has 3 rings (SSSR count). The van der Waals surface area contributed by atoms with Gasteiger partial charge in [-0.3, -0.25) is 0 Å². The van der Waals surface area contributed by atoms with Gasteiger partial charge in [-0.2, -0.15) is 0 Å². The summed E-state index contributed by atoms with van der Waals surface area (Å²) < 4.78 is 1.11. The Kier molecular flexibility index (Phi) is 3.75. The summed E-state index contributed by atoms with van der Waals surface area (Å²) in [6, 6.07) is 25.8. The molecule has 0 aliphatic carbocycles. The maximum Gasteiger partial charge on any atom is 0.139 e. The van der Waals surface area contributed by atoms with Gasteiger partial charge in [0.05, 0.1) is 0 Å². The molecule has 0 bridgehead atoms. The summed E-state index contributed by atoms with van der Waals surface area (Å²) >= 11 is 3.48. The second-order valence-electron chi connectivity index (χ2n) is 4.95. The molecule has 3 aromatic carbocycles. The maximum absolute atomic E-state index is 3.48. The van der Waals surface area contributed by atoms with Crippen LogP contribution in [0.5, 0.6) is 0 Å². The molecule has 0 radical (unpaired) electrons. The first-order valence-electron chi connectivity index (χ1n) is 6.65. The van der Waals surface area contributed by atoms with Crippen LogP contribution < -0.4 is 5.46 Å². The van der Waals surface area contributed by atoms with Crippen LogP contribution in [0.3, 0.4) is 0 Å². The molecule has 0 saturated carbocycles. The minimum atomic E-state index is 1.11. The molecule has 0 unspecified atom stereocenters. The monoisotopic (exact) mass is 320 g/mol. The fraction of sp³-hybridized carbons (Fsp3) is 0. The smallest absolute Gasteiger partial charge is 0.0889 e. The van der Waals surface area contributed by atoms with Gasteiger partial charge in [-0.05, 0) is 40.5 Å². The Balaban J connectivity index is 2.01. The summed E-state index contributed by atoms with van der Waals surface area (Å²) in [7, 11) is 2.11. The quantitative estimate of drug-likeness (QED) is 0.625. The third-order valence-electron chi connectivity index (χ3n) is 3.43. The second kappa shape index (κ2) is 5.68. The van der Waals surface area contributed by atoms with Crippen molar-refractivity contribution in [1.82, 2.24) is 0 Å². The van der Waals surface area contributed by atoms with Crippen molar-refractivity contribution in [3.8, 4) is 22.3 Å². The highest BCUT2D eigenvalue weighted by Gasteiger charge is 2.01. The second-order valence-corrected chi connectivity index (χ2v) is 5.87. The molecule has 0 amide bonds. The first-order valence-corrected chi connectivity index (χ1v) is 7.45. The largest absolute Gasteiger partial charge is 0.139 e. The molecule has 0 saturated heterocycles. The van der Waals surface area contributed by atoms with Gasteiger partial charge in [0.2, 0.25) is 0 Å². The predicted octanol–water partition coefficient (Wildman–Crippen LogP) is 4.04. The van der Waals surface area contributed by atoms with E-state index < -0.39 is 0 Å². The van der Waals surface area contributed by atoms with Gasteiger partial charge >= 0.3 is 0 Å². The third kappa shape index (κ3) is 2.86. The zero-order chi connectivity index (χ0) is 13.9. The number of hydrogen-bond donors (Lipinski definition) is 0. The van der Waals surface area contributed by atoms with Crippen LogP contribution >= 0.6 is 15.9 Å². The van der Waals surface area contributed by atoms with Crippen LogP contribution in [0.4, 0.5) is 0 Å². The Morgan fingerprint density at radius 1 is 0.600 bits per heavy atom. The number of hydrogen-bond acceptors (Lipinski definition) is 0. The van der Waals surface area contributed by atoms with Crippen molar-refractivity contribution >= 4 is 29.2 Å². The molecule has 3 aromatic rings. The molecule has 0 atom stereocenters. The normalized spacial score (nSPS) is 10.4. The van der Waals surface area contributed by atoms with Gasteiger partial charge in [-0.25, -0.2) is 0 Å². The summed E-state index contributed by atoms with van der Waals surface area (Å²) in [5.41, 5.74) is 6.29. The molecule has 0 N–H and O–H groups in total. The molecule has 0 nitrogen and oxygen atoms in total. The van der Waals surface area contributed by atoms with Crippen molar-refractivity contribution in [1.29, 1.82) is 0 Å². The third-order valence-corrected chi connectivity index (χ3v) is 3.95. The Morgan fingerprint density at radius 2 is 1.10 bits per heavy atom. The van der Waals surface area contributed by atoms with Crippen LogP contribution in [0, 0.1) is 0 Å². The first-order chi connectivity index (χ1) is 9.72. The molecular formula is C18H14BBr. The van der Waals surface area contributed by atoms with Crippen molar-refractivity contribution in [3.05, 3.63) is 77.3 Å². The van der Waals surface area contributed by atoms with Crippen LogP contribution in [0.2, 0.25) is 0 Å². The molecule has 0 aromatic heterocycles. The zero-order valence-electron chi connectivity index (χ0n) is 11.3. The number of benzene rings is 3. The lowest BCUT2D eigenvalue weighted by Gasteiger charge is -2.07. The van der Waals surface area contributed by atoms with E-state index in [1.807, 2.05) is 0 Å². The number of halogens is 1. The minimum Gasteiger partial charge on any atom is -0.0889 e. The Morgan fingerprint density at radius 3 is 1.65 bits per heavy atom. The van der Waals surface area contributed by atoms with E-state index in [1.165, 1.54) is 27.7 Å². The Hall–Kier alpha value is -1.80. The minimum absolute atomic E-state index is 1.11. The van der Waals surface area contributed by atoms with Crippen LogP contribution in [0.1, 0.15) is 0 Å². The molecule has 96 valence electrons. The Labute approximate surface area is 129 Å². The van der Waals surface area contributed by atoms with E-state index in [4.69, 9.17) is 0 Å². The Bertz CT molecular complexity index is 654. The van der Waals surface area contributed by atoms with Crippen molar-refractivity contribution in [2.24, 2.45) is 0 Å². The summed E-state index contributed by atoms with van der Waals surface area (Å²) in [5.74, 6) is 0. The zero-order valence-corrected chi connectivity index (χ0v) is 12.9. The maximum atomic E-state index is 3.48. The van der Waals surface area contributed by atoms with Crippen LogP contribution in [0.25, 0.3) is 22.3 Å². The van der Waals surface area contributed by atoms with Crippen molar-refractivity contribution in [2.45, 2.75) is 0 Å². The van der Waals surface area contributed by atoms with Gasteiger partial charge in [0, 0.05) is 4.47 Å². The van der Waals surface area contributed by atoms with Crippen molar-refractivity contribution < 1.29 is 0 Å². The number of rotatable bonds is 2. The highest BCUT2D eigenvalue weighted by molar-refractivity contribution is 9.10. The topological polar surface area (TPSA) is 0 Å². The molecule has 20 heavy (non-hydrogen) atoms. The van der Waals surface area contributed by atoms with Gasteiger partial charge < -0.3 is 0 Å². The molecule has 0 aliphatic heterocycles. The van der Waals surface area contributed by atoms with E-state index in [2.05, 4.69) is 96.6 Å². The molecule has 0 aliphatic rings. The summed E-state index contributed by atoms with van der Waals surface area (Å²) in [5, 5.41) is 0. The van der Waals surface area contributed by atoms with Crippen LogP contribution in [-0.4, -0.2) is 7.85 Å². The van der Waals surface area contributed by atoms with Gasteiger partial charge in [0.25, 0.3) is 0 Å². The van der Waals surface area contributed by atoms with E-state index in [-0.39, 0.29) is 0 Å². The van der Waals surface area contributed by atoms with Gasteiger partial charge in [0.15, 0.2) is 0 Å².